The van der Waals surface area contributed by atoms with Crippen LogP contribution in [0.5, 0.6) is 0 Å². The summed E-state index contributed by atoms with van der Waals surface area (Å²) >= 11 is 0. The van der Waals surface area contributed by atoms with E-state index >= 15 is 0 Å². The van der Waals surface area contributed by atoms with Gasteiger partial charge in [0.15, 0.2) is 8.32 Å². The summed E-state index contributed by atoms with van der Waals surface area (Å²) in [6.07, 6.45) is 2.59. The van der Waals surface area contributed by atoms with E-state index in [2.05, 4.69) is 40.8 Å². The maximum Gasteiger partial charge on any atom is 0.191 e. The summed E-state index contributed by atoms with van der Waals surface area (Å²) in [6.45, 7) is 14.2. The van der Waals surface area contributed by atoms with Crippen molar-refractivity contribution < 1.29 is 9.22 Å². The van der Waals surface area contributed by atoms with Crippen molar-refractivity contribution >= 4 is 14.6 Å². The Balaban J connectivity index is 3.98. The summed E-state index contributed by atoms with van der Waals surface area (Å²) in [7, 11) is -1.60. The third-order valence-corrected chi connectivity index (χ3v) is 7.81. The highest BCUT2D eigenvalue weighted by Gasteiger charge is 2.37. The van der Waals surface area contributed by atoms with Crippen LogP contribution >= 0.6 is 0 Å². The van der Waals surface area contributed by atoms with Crippen LogP contribution in [-0.4, -0.2) is 21.2 Å². The van der Waals surface area contributed by atoms with Gasteiger partial charge in [0, 0.05) is 13.0 Å². The van der Waals surface area contributed by atoms with Crippen LogP contribution in [-0.2, 0) is 9.22 Å². The first-order valence-electron chi connectivity index (χ1n) is 5.78. The lowest BCUT2D eigenvalue weighted by molar-refractivity contribution is -0.108. The Kier molecular flexibility index (Phi) is 5.74. The summed E-state index contributed by atoms with van der Waals surface area (Å²) in [6, 6.07) is 0. The molecule has 0 fully saturated rings. The molecule has 90 valence electrons. The zero-order chi connectivity index (χ0) is 12.1. The van der Waals surface area contributed by atoms with E-state index in [1.165, 1.54) is 0 Å². The molecule has 1 unspecified atom stereocenters. The molecule has 0 aliphatic heterocycles. The van der Waals surface area contributed by atoms with Gasteiger partial charge in [-0.2, -0.15) is 0 Å². The standard InChI is InChI=1S/C12H26O2Si/c1-11(8-7-9-13)10-14-15(5,6)12(2,3)4/h9,11H,7-8,10H2,1-6H3. The Hall–Kier alpha value is -0.153. The van der Waals surface area contributed by atoms with Gasteiger partial charge in [-0.1, -0.05) is 27.7 Å². The van der Waals surface area contributed by atoms with Crippen LogP contribution in [0.15, 0.2) is 0 Å². The maximum absolute atomic E-state index is 10.2. The van der Waals surface area contributed by atoms with Gasteiger partial charge in [-0.25, -0.2) is 0 Å². The zero-order valence-corrected chi connectivity index (χ0v) is 12.1. The average molecular weight is 230 g/mol. The molecule has 0 heterocycles. The molecule has 0 saturated heterocycles. The van der Waals surface area contributed by atoms with Crippen molar-refractivity contribution in [3.05, 3.63) is 0 Å². The smallest absolute Gasteiger partial charge is 0.191 e. The number of carbonyl (C=O) groups is 1. The van der Waals surface area contributed by atoms with Gasteiger partial charge in [0.1, 0.15) is 6.29 Å². The first kappa shape index (κ1) is 14.8. The molecule has 1 atom stereocenters. The molecular formula is C12H26O2Si. The molecule has 0 aromatic carbocycles. The first-order valence-corrected chi connectivity index (χ1v) is 8.69. The molecule has 0 bridgehead atoms. The summed E-state index contributed by atoms with van der Waals surface area (Å²) in [5, 5.41) is 0.275. The van der Waals surface area contributed by atoms with Gasteiger partial charge in [0.05, 0.1) is 0 Å². The minimum absolute atomic E-state index is 0.275. The molecule has 0 amide bonds. The van der Waals surface area contributed by atoms with Gasteiger partial charge >= 0.3 is 0 Å². The Morgan fingerprint density at radius 3 is 2.27 bits per heavy atom. The second-order valence-electron chi connectivity index (χ2n) is 5.92. The van der Waals surface area contributed by atoms with Crippen molar-refractivity contribution in [2.24, 2.45) is 5.92 Å². The first-order chi connectivity index (χ1) is 6.70. The van der Waals surface area contributed by atoms with E-state index in [-0.39, 0.29) is 5.04 Å². The molecule has 15 heavy (non-hydrogen) atoms. The number of hydrogen-bond donors (Lipinski definition) is 0. The van der Waals surface area contributed by atoms with Crippen molar-refractivity contribution in [3.63, 3.8) is 0 Å². The molecule has 2 nitrogen and oxygen atoms in total. The van der Waals surface area contributed by atoms with Crippen molar-refractivity contribution in [3.8, 4) is 0 Å². The zero-order valence-electron chi connectivity index (χ0n) is 11.1. The van der Waals surface area contributed by atoms with Crippen molar-refractivity contribution in [1.29, 1.82) is 0 Å². The molecule has 3 heteroatoms. The highest BCUT2D eigenvalue weighted by Crippen LogP contribution is 2.36. The van der Waals surface area contributed by atoms with Crippen molar-refractivity contribution in [2.45, 2.75) is 58.7 Å². The molecule has 0 saturated carbocycles. The van der Waals surface area contributed by atoms with Crippen LogP contribution < -0.4 is 0 Å². The van der Waals surface area contributed by atoms with Gasteiger partial charge in [-0.3, -0.25) is 0 Å². The number of carbonyl (C=O) groups excluding carboxylic acids is 1. The van der Waals surface area contributed by atoms with Crippen LogP contribution in [0, 0.1) is 5.92 Å². The molecule has 0 aliphatic carbocycles. The van der Waals surface area contributed by atoms with Crippen LogP contribution in [0.1, 0.15) is 40.5 Å². The van der Waals surface area contributed by atoms with E-state index in [0.29, 0.717) is 12.3 Å². The summed E-state index contributed by atoms with van der Waals surface area (Å²) < 4.78 is 6.08. The number of rotatable bonds is 6. The van der Waals surface area contributed by atoms with Gasteiger partial charge in [-0.05, 0) is 30.5 Å². The molecular weight excluding hydrogens is 204 g/mol. The van der Waals surface area contributed by atoms with E-state index in [1.54, 1.807) is 0 Å². The maximum atomic E-state index is 10.2. The minimum atomic E-state index is -1.60. The SMILES string of the molecule is CC(CCC=O)CO[Si](C)(C)C(C)(C)C. The van der Waals surface area contributed by atoms with E-state index in [9.17, 15) is 4.79 Å². The highest BCUT2D eigenvalue weighted by molar-refractivity contribution is 6.74. The van der Waals surface area contributed by atoms with E-state index in [1.807, 2.05) is 0 Å². The molecule has 0 spiro atoms. The summed E-state index contributed by atoms with van der Waals surface area (Å²) in [5.41, 5.74) is 0. The topological polar surface area (TPSA) is 26.3 Å². The molecule has 0 radical (unpaired) electrons. The number of aldehydes is 1. The fraction of sp³-hybridized carbons (Fsp3) is 0.917. The minimum Gasteiger partial charge on any atom is -0.417 e. The van der Waals surface area contributed by atoms with Crippen molar-refractivity contribution in [1.82, 2.24) is 0 Å². The van der Waals surface area contributed by atoms with Crippen molar-refractivity contribution in [2.75, 3.05) is 6.61 Å². The predicted molar refractivity (Wildman–Crippen MR) is 67.6 cm³/mol. The molecule has 0 N–H and O–H groups in total. The quantitative estimate of drug-likeness (QED) is 0.514. The van der Waals surface area contributed by atoms with E-state index < -0.39 is 8.32 Å². The predicted octanol–water partition coefficient (Wildman–Crippen LogP) is 3.62. The third-order valence-electron chi connectivity index (χ3n) is 3.31. The molecule has 0 aromatic heterocycles. The lowest BCUT2D eigenvalue weighted by Crippen LogP contribution is -2.41. The third kappa shape index (κ3) is 5.47. The van der Waals surface area contributed by atoms with Gasteiger partial charge in [-0.15, -0.1) is 0 Å². The Bertz CT molecular complexity index is 194. The summed E-state index contributed by atoms with van der Waals surface area (Å²) in [5.74, 6) is 0.490. The molecule has 0 aliphatic rings. The van der Waals surface area contributed by atoms with E-state index in [4.69, 9.17) is 4.43 Å². The lowest BCUT2D eigenvalue weighted by Gasteiger charge is -2.37. The normalized spacial score (nSPS) is 15.1. The van der Waals surface area contributed by atoms with Gasteiger partial charge in [0.25, 0.3) is 0 Å². The van der Waals surface area contributed by atoms with Crippen LogP contribution in [0.3, 0.4) is 0 Å². The average Bonchev–Trinajstić information content (AvgIpc) is 2.09. The monoisotopic (exact) mass is 230 g/mol. The van der Waals surface area contributed by atoms with E-state index in [0.717, 1.165) is 19.3 Å². The molecule has 0 aromatic rings. The Morgan fingerprint density at radius 1 is 1.33 bits per heavy atom. The van der Waals surface area contributed by atoms with Crippen LogP contribution in [0.25, 0.3) is 0 Å². The highest BCUT2D eigenvalue weighted by atomic mass is 28.4. The largest absolute Gasteiger partial charge is 0.417 e. The number of hydrogen-bond acceptors (Lipinski definition) is 2. The van der Waals surface area contributed by atoms with Crippen LogP contribution in [0.4, 0.5) is 0 Å². The fourth-order valence-electron chi connectivity index (χ4n) is 1.00. The second kappa shape index (κ2) is 5.80. The molecule has 0 rings (SSSR count). The van der Waals surface area contributed by atoms with Gasteiger partial charge in [0.2, 0.25) is 0 Å². The Morgan fingerprint density at radius 2 is 1.87 bits per heavy atom. The summed E-state index contributed by atoms with van der Waals surface area (Å²) in [4.78, 5) is 10.2. The lowest BCUT2D eigenvalue weighted by atomic mass is 10.1. The fourth-order valence-corrected chi connectivity index (χ4v) is 2.14. The second-order valence-corrected chi connectivity index (χ2v) is 10.7. The Labute approximate surface area is 95.5 Å². The van der Waals surface area contributed by atoms with Crippen LogP contribution in [0.2, 0.25) is 18.1 Å². The van der Waals surface area contributed by atoms with Gasteiger partial charge < -0.3 is 9.22 Å².